The van der Waals surface area contributed by atoms with Gasteiger partial charge in [0.15, 0.2) is 0 Å². The number of hydrogen-bond acceptors (Lipinski definition) is 0. The molecule has 0 N–H and O–H groups in total. The van der Waals surface area contributed by atoms with Gasteiger partial charge in [0, 0.05) is 0 Å². The maximum absolute atomic E-state index is 12.0. The molecule has 0 aromatic heterocycles. The zero-order valence-corrected chi connectivity index (χ0v) is 34.4. The Kier molecular flexibility index (Phi) is 16.0. The van der Waals surface area contributed by atoms with Crippen LogP contribution in [0.15, 0.2) is 66.7 Å². The maximum Gasteiger partial charge on any atom is -1.00 e. The fraction of sp³-hybridized carbons (Fsp3) is 0.429. The van der Waals surface area contributed by atoms with Crippen molar-refractivity contribution in [2.75, 3.05) is 0 Å². The van der Waals surface area contributed by atoms with Crippen molar-refractivity contribution < 1.29 is 62.2 Å². The van der Waals surface area contributed by atoms with Gasteiger partial charge < -0.3 is 24.8 Å². The van der Waals surface area contributed by atoms with Crippen LogP contribution in [-0.4, -0.2) is 3.71 Å². The smallest absolute Gasteiger partial charge is 1.00 e. The minimum atomic E-state index is -4.22. The van der Waals surface area contributed by atoms with Gasteiger partial charge >= 0.3 is 82.7 Å². The molecule has 0 radical (unpaired) electrons. The first-order chi connectivity index (χ1) is 21.2. The first kappa shape index (κ1) is 44.2. The molecule has 5 rings (SSSR count). The molecular weight excluding hydrogens is 724 g/mol. The molecule has 0 heterocycles. The number of hydrogen-bond donors (Lipinski definition) is 0. The molecule has 48 heavy (non-hydrogen) atoms. The van der Waals surface area contributed by atoms with Crippen LogP contribution in [0.2, 0.25) is 0 Å². The first-order valence-corrected chi connectivity index (χ1v) is 17.8. The zero-order valence-electron chi connectivity index (χ0n) is 30.4. The van der Waals surface area contributed by atoms with Crippen LogP contribution in [0.1, 0.15) is 126 Å². The van der Waals surface area contributed by atoms with E-state index in [1.54, 1.807) is 0 Å². The van der Waals surface area contributed by atoms with Gasteiger partial charge in [-0.2, -0.15) is 46.5 Å². The van der Waals surface area contributed by atoms with Gasteiger partial charge in [0.25, 0.3) is 0 Å². The van der Waals surface area contributed by atoms with Crippen LogP contribution in [0.3, 0.4) is 0 Å². The van der Waals surface area contributed by atoms with Crippen molar-refractivity contribution in [2.45, 2.75) is 118 Å². The summed E-state index contributed by atoms with van der Waals surface area (Å²) in [5.41, 5.74) is 13.8. The van der Waals surface area contributed by atoms with Crippen LogP contribution in [0.4, 0.5) is 13.2 Å². The molecule has 0 spiro atoms. The standard InChI is InChI=1S/C21H25.C13H21.C8H5F3.2ClH.Zr/c1-20(2,3)16-7-9-18-14(12-16)11-15-13-17(21(4,5)6)8-10-19(15)18;1-6-10-8-11(7-2)12(9-10)13(3,4)5;1-6-2-4-7(5-3-6)8(9,10)11;;;/h7-10,12H,11H2,1-6H3;8-9H,6-7H2,1-5H3;1-5H;2*1H;/q2*-1;;;;+2/p-2. The summed E-state index contributed by atoms with van der Waals surface area (Å²) in [4.78, 5) is 0. The van der Waals surface area contributed by atoms with Gasteiger partial charge in [-0.05, 0) is 28.4 Å². The molecule has 0 saturated carbocycles. The summed E-state index contributed by atoms with van der Waals surface area (Å²) in [6.07, 6.45) is -0.881. The molecule has 4 aromatic rings. The summed E-state index contributed by atoms with van der Waals surface area (Å²) in [6, 6.07) is 25.0. The maximum atomic E-state index is 12.0. The number of rotatable bonds is 3. The molecule has 1 aliphatic carbocycles. The Labute approximate surface area is 315 Å². The van der Waals surface area contributed by atoms with E-state index in [1.807, 2.05) is 3.71 Å². The second-order valence-electron chi connectivity index (χ2n) is 15.3. The van der Waals surface area contributed by atoms with E-state index in [0.717, 1.165) is 37.0 Å². The molecule has 260 valence electrons. The molecule has 0 bridgehead atoms. The Balaban J connectivity index is 0.000000374. The van der Waals surface area contributed by atoms with Crippen LogP contribution < -0.4 is 24.8 Å². The van der Waals surface area contributed by atoms with Crippen LogP contribution in [0.5, 0.6) is 0 Å². The normalized spacial score (nSPS) is 12.2. The number of halogens is 5. The molecule has 0 nitrogen and oxygen atoms in total. The number of benzene rings is 3. The van der Waals surface area contributed by atoms with E-state index in [9.17, 15) is 13.2 Å². The molecule has 0 fully saturated rings. The van der Waals surface area contributed by atoms with Gasteiger partial charge in [-0.25, -0.2) is 6.07 Å². The molecule has 0 saturated heterocycles. The Morgan fingerprint density at radius 2 is 1.27 bits per heavy atom. The van der Waals surface area contributed by atoms with E-state index in [1.165, 1.54) is 86.4 Å². The Morgan fingerprint density at radius 1 is 0.708 bits per heavy atom. The van der Waals surface area contributed by atoms with Gasteiger partial charge in [0.2, 0.25) is 0 Å². The van der Waals surface area contributed by atoms with E-state index in [2.05, 4.69) is 125 Å². The van der Waals surface area contributed by atoms with E-state index in [0.29, 0.717) is 5.41 Å². The fourth-order valence-corrected chi connectivity index (χ4v) is 6.09. The number of fused-ring (bicyclic) bond motifs is 3. The molecule has 1 aliphatic rings. The Bertz CT molecular complexity index is 1560. The van der Waals surface area contributed by atoms with Crippen molar-refractivity contribution in [3.8, 4) is 11.1 Å². The van der Waals surface area contributed by atoms with Crippen molar-refractivity contribution in [1.82, 2.24) is 0 Å². The molecular formula is C42H51Cl2F3Zr-2. The van der Waals surface area contributed by atoms with Crippen molar-refractivity contribution >= 4 is 3.71 Å². The summed E-state index contributed by atoms with van der Waals surface area (Å²) in [6.45, 7) is 24.9. The largest absolute Gasteiger partial charge is 1.00 e. The van der Waals surface area contributed by atoms with Gasteiger partial charge in [-0.15, -0.1) is 11.1 Å². The first-order valence-electron chi connectivity index (χ1n) is 16.3. The minimum Gasteiger partial charge on any atom is -1.00 e. The molecule has 6 heteroatoms. The monoisotopic (exact) mass is 772 g/mol. The topological polar surface area (TPSA) is 0 Å². The summed E-state index contributed by atoms with van der Waals surface area (Å²) >= 11 is 1.18. The number of aryl methyl sites for hydroxylation is 2. The Hall–Kier alpha value is -1.87. The SMILES string of the molecule is CC(C)(C)c1[c-]c2c(cc1)-c1ccc(C(C)(C)C)cc1C2.CCc1cc(C(C)(C)C)c(CC)[cH-]1.FC(F)(F)c1ccc([CH]=[Zr+2])cc1.[Cl-].[Cl-]. The van der Waals surface area contributed by atoms with Gasteiger partial charge in [0.1, 0.15) is 0 Å². The third-order valence-corrected chi connectivity index (χ3v) is 9.32. The summed E-state index contributed by atoms with van der Waals surface area (Å²) in [7, 11) is 0. The number of alkyl halides is 3. The zero-order chi connectivity index (χ0) is 34.7. The van der Waals surface area contributed by atoms with Crippen LogP contribution in [0, 0.1) is 6.07 Å². The van der Waals surface area contributed by atoms with E-state index in [-0.39, 0.29) is 35.6 Å². The molecule has 0 atom stereocenters. The summed E-state index contributed by atoms with van der Waals surface area (Å²) in [5.74, 6) is 0. The van der Waals surface area contributed by atoms with Crippen LogP contribution >= 0.6 is 0 Å². The van der Waals surface area contributed by atoms with Gasteiger partial charge in [-0.1, -0.05) is 118 Å². The van der Waals surface area contributed by atoms with Gasteiger partial charge in [0.05, 0.1) is 0 Å². The summed E-state index contributed by atoms with van der Waals surface area (Å²) in [5, 5.41) is 0. The van der Waals surface area contributed by atoms with E-state index >= 15 is 0 Å². The summed E-state index contributed by atoms with van der Waals surface area (Å²) < 4.78 is 37.9. The predicted octanol–water partition coefficient (Wildman–Crippen LogP) is 5.89. The predicted molar refractivity (Wildman–Crippen MR) is 187 cm³/mol. The molecule has 0 aliphatic heterocycles. The van der Waals surface area contributed by atoms with E-state index in [4.69, 9.17) is 0 Å². The van der Waals surface area contributed by atoms with Crippen molar-refractivity contribution in [1.29, 1.82) is 0 Å². The third kappa shape index (κ3) is 11.6. The van der Waals surface area contributed by atoms with E-state index < -0.39 is 11.7 Å². The second-order valence-corrected chi connectivity index (χ2v) is 16.0. The Morgan fingerprint density at radius 3 is 1.71 bits per heavy atom. The van der Waals surface area contributed by atoms with Crippen molar-refractivity contribution in [3.05, 3.63) is 123 Å². The molecule has 0 unspecified atom stereocenters. The average molecular weight is 775 g/mol. The molecule has 4 aromatic carbocycles. The average Bonchev–Trinajstić information content (AvgIpc) is 3.57. The minimum absolute atomic E-state index is 0. The van der Waals surface area contributed by atoms with Crippen molar-refractivity contribution in [3.63, 3.8) is 0 Å². The van der Waals surface area contributed by atoms with Crippen LogP contribution in [0.25, 0.3) is 11.1 Å². The quantitative estimate of drug-likeness (QED) is 0.201. The van der Waals surface area contributed by atoms with Gasteiger partial charge in [-0.3, -0.25) is 0 Å². The molecule has 0 amide bonds. The fourth-order valence-electron chi connectivity index (χ4n) is 5.61. The van der Waals surface area contributed by atoms with Crippen molar-refractivity contribution in [2.24, 2.45) is 0 Å². The second kappa shape index (κ2) is 17.4. The third-order valence-electron chi connectivity index (χ3n) is 8.50. The van der Waals surface area contributed by atoms with Crippen LogP contribution in [-0.2, 0) is 65.9 Å².